The lowest BCUT2D eigenvalue weighted by atomic mass is 10.3. The third-order valence-corrected chi connectivity index (χ3v) is 4.08. The molecule has 3 aromatic rings. The van der Waals surface area contributed by atoms with Gasteiger partial charge in [0.05, 0.1) is 23.4 Å². The minimum absolute atomic E-state index is 0.644. The van der Waals surface area contributed by atoms with E-state index in [-0.39, 0.29) is 0 Å². The lowest BCUT2D eigenvalue weighted by Gasteiger charge is -2.13. The Balaban J connectivity index is 1.76. The van der Waals surface area contributed by atoms with Crippen LogP contribution in [0.25, 0.3) is 11.1 Å². The normalized spacial score (nSPS) is 11.6. The minimum Gasteiger partial charge on any atom is -0.439 e. The van der Waals surface area contributed by atoms with Crippen LogP contribution in [-0.4, -0.2) is 21.9 Å². The van der Waals surface area contributed by atoms with Gasteiger partial charge in [0.25, 0.3) is 0 Å². The second-order valence-electron chi connectivity index (χ2n) is 4.83. The molecule has 0 bridgehead atoms. The van der Waals surface area contributed by atoms with Gasteiger partial charge in [-0.15, -0.1) is 11.3 Å². The Kier molecular flexibility index (Phi) is 3.42. The van der Waals surface area contributed by atoms with Gasteiger partial charge in [0.15, 0.2) is 5.58 Å². The van der Waals surface area contributed by atoms with Gasteiger partial charge >= 0.3 is 0 Å². The molecule has 0 amide bonds. The van der Waals surface area contributed by atoms with Crippen LogP contribution in [0.2, 0.25) is 0 Å². The van der Waals surface area contributed by atoms with Crippen LogP contribution in [0.3, 0.4) is 0 Å². The fourth-order valence-corrected chi connectivity index (χ4v) is 2.95. The summed E-state index contributed by atoms with van der Waals surface area (Å²) in [5, 5.41) is 0. The standard InChI is InChI=1S/C14H16N4OS/c1-9-12(20-8-16-9)6-18(2)7-13-17-14-10(15)4-3-5-11(14)19-13/h3-5,8H,6-7,15H2,1-2H3. The van der Waals surface area contributed by atoms with E-state index in [0.717, 1.165) is 23.3 Å². The third-order valence-electron chi connectivity index (χ3n) is 3.16. The third kappa shape index (κ3) is 2.52. The number of nitrogen functional groups attached to an aromatic ring is 1. The van der Waals surface area contributed by atoms with E-state index < -0.39 is 0 Å². The summed E-state index contributed by atoms with van der Waals surface area (Å²) in [5.41, 5.74) is 11.0. The largest absolute Gasteiger partial charge is 0.439 e. The van der Waals surface area contributed by atoms with E-state index in [9.17, 15) is 0 Å². The van der Waals surface area contributed by atoms with Crippen molar-refractivity contribution in [3.05, 3.63) is 40.2 Å². The van der Waals surface area contributed by atoms with Gasteiger partial charge < -0.3 is 10.2 Å². The highest BCUT2D eigenvalue weighted by molar-refractivity contribution is 7.09. The maximum Gasteiger partial charge on any atom is 0.209 e. The second kappa shape index (κ2) is 5.22. The van der Waals surface area contributed by atoms with Gasteiger partial charge in [-0.1, -0.05) is 6.07 Å². The molecule has 20 heavy (non-hydrogen) atoms. The summed E-state index contributed by atoms with van der Waals surface area (Å²) in [6.07, 6.45) is 0. The van der Waals surface area contributed by atoms with Crippen LogP contribution in [0.4, 0.5) is 5.69 Å². The second-order valence-corrected chi connectivity index (χ2v) is 5.77. The van der Waals surface area contributed by atoms with Crippen molar-refractivity contribution in [3.8, 4) is 0 Å². The van der Waals surface area contributed by atoms with Gasteiger partial charge in [-0.05, 0) is 26.1 Å². The highest BCUT2D eigenvalue weighted by Gasteiger charge is 2.12. The van der Waals surface area contributed by atoms with E-state index in [1.165, 1.54) is 4.88 Å². The lowest BCUT2D eigenvalue weighted by molar-refractivity contribution is 0.287. The first kappa shape index (κ1) is 13.1. The van der Waals surface area contributed by atoms with E-state index in [0.29, 0.717) is 18.1 Å². The van der Waals surface area contributed by atoms with E-state index in [1.54, 1.807) is 11.3 Å². The number of aromatic nitrogens is 2. The number of nitrogens with zero attached hydrogens (tertiary/aromatic N) is 3. The Morgan fingerprint density at radius 3 is 2.90 bits per heavy atom. The van der Waals surface area contributed by atoms with Gasteiger partial charge in [0.2, 0.25) is 5.89 Å². The molecule has 0 spiro atoms. The smallest absolute Gasteiger partial charge is 0.209 e. The summed E-state index contributed by atoms with van der Waals surface area (Å²) in [6, 6.07) is 5.59. The minimum atomic E-state index is 0.644. The first-order valence-corrected chi connectivity index (χ1v) is 7.23. The predicted molar refractivity (Wildman–Crippen MR) is 80.4 cm³/mol. The van der Waals surface area contributed by atoms with Gasteiger partial charge in [-0.3, -0.25) is 4.90 Å². The molecule has 0 aliphatic carbocycles. The zero-order chi connectivity index (χ0) is 14.1. The van der Waals surface area contributed by atoms with Gasteiger partial charge in [-0.25, -0.2) is 9.97 Å². The van der Waals surface area contributed by atoms with Crippen molar-refractivity contribution < 1.29 is 4.42 Å². The van der Waals surface area contributed by atoms with Crippen molar-refractivity contribution in [1.82, 2.24) is 14.9 Å². The highest BCUT2D eigenvalue weighted by atomic mass is 32.1. The molecule has 0 saturated carbocycles. The van der Waals surface area contributed by atoms with E-state index in [1.807, 2.05) is 37.7 Å². The summed E-state index contributed by atoms with van der Waals surface area (Å²) in [7, 11) is 2.04. The molecule has 5 nitrogen and oxygen atoms in total. The van der Waals surface area contributed by atoms with Crippen LogP contribution in [0.5, 0.6) is 0 Å². The zero-order valence-corrected chi connectivity index (χ0v) is 12.3. The number of benzene rings is 1. The fourth-order valence-electron chi connectivity index (χ4n) is 2.09. The van der Waals surface area contributed by atoms with Crippen molar-refractivity contribution in [2.75, 3.05) is 12.8 Å². The lowest BCUT2D eigenvalue weighted by Crippen LogP contribution is -2.17. The fraction of sp³-hybridized carbons (Fsp3) is 0.286. The predicted octanol–water partition coefficient (Wildman–Crippen LogP) is 2.81. The average molecular weight is 288 g/mol. The van der Waals surface area contributed by atoms with Crippen LogP contribution in [0, 0.1) is 6.92 Å². The van der Waals surface area contributed by atoms with Crippen LogP contribution < -0.4 is 5.73 Å². The first-order chi connectivity index (χ1) is 9.63. The topological polar surface area (TPSA) is 68.2 Å². The Labute approximate surface area is 121 Å². The molecule has 0 aliphatic heterocycles. The molecular formula is C14H16N4OS. The monoisotopic (exact) mass is 288 g/mol. The Hall–Kier alpha value is -1.92. The van der Waals surface area contributed by atoms with E-state index in [4.69, 9.17) is 10.2 Å². The van der Waals surface area contributed by atoms with Crippen LogP contribution in [0.1, 0.15) is 16.5 Å². The van der Waals surface area contributed by atoms with Crippen molar-refractivity contribution in [2.24, 2.45) is 0 Å². The van der Waals surface area contributed by atoms with E-state index >= 15 is 0 Å². The van der Waals surface area contributed by atoms with E-state index in [2.05, 4.69) is 14.9 Å². The van der Waals surface area contributed by atoms with Crippen LogP contribution >= 0.6 is 11.3 Å². The number of oxazole rings is 1. The Morgan fingerprint density at radius 1 is 1.35 bits per heavy atom. The molecule has 0 unspecified atom stereocenters. The summed E-state index contributed by atoms with van der Waals surface area (Å²) < 4.78 is 5.72. The molecule has 6 heteroatoms. The molecule has 1 aromatic carbocycles. The molecule has 2 N–H and O–H groups in total. The van der Waals surface area contributed by atoms with Gasteiger partial charge in [-0.2, -0.15) is 0 Å². The molecule has 0 aliphatic rings. The number of anilines is 1. The number of hydrogen-bond donors (Lipinski definition) is 1. The average Bonchev–Trinajstić information content (AvgIpc) is 2.97. The highest BCUT2D eigenvalue weighted by Crippen LogP contribution is 2.22. The summed E-state index contributed by atoms with van der Waals surface area (Å²) in [6.45, 7) is 3.51. The van der Waals surface area contributed by atoms with Crippen LogP contribution in [0.15, 0.2) is 28.1 Å². The number of para-hydroxylation sites is 1. The van der Waals surface area contributed by atoms with Crippen LogP contribution in [-0.2, 0) is 13.1 Å². The number of fused-ring (bicyclic) bond motifs is 1. The molecule has 0 saturated heterocycles. The number of nitrogens with two attached hydrogens (primary N) is 1. The zero-order valence-electron chi connectivity index (χ0n) is 11.5. The molecule has 0 fully saturated rings. The molecule has 0 radical (unpaired) electrons. The molecule has 0 atom stereocenters. The Morgan fingerprint density at radius 2 is 2.20 bits per heavy atom. The Bertz CT molecular complexity index is 734. The molecule has 3 rings (SSSR count). The van der Waals surface area contributed by atoms with Crippen molar-refractivity contribution in [2.45, 2.75) is 20.0 Å². The summed E-state index contributed by atoms with van der Waals surface area (Å²) in [4.78, 5) is 12.1. The SMILES string of the molecule is Cc1ncsc1CN(C)Cc1nc2c(N)cccc2o1. The molecular weight excluding hydrogens is 272 g/mol. The molecule has 104 valence electrons. The van der Waals surface area contributed by atoms with Gasteiger partial charge in [0.1, 0.15) is 5.52 Å². The number of rotatable bonds is 4. The number of thiazole rings is 1. The quantitative estimate of drug-likeness (QED) is 0.748. The maximum absolute atomic E-state index is 5.89. The van der Waals surface area contributed by atoms with Crippen molar-refractivity contribution >= 4 is 28.1 Å². The maximum atomic E-state index is 5.89. The number of hydrogen-bond acceptors (Lipinski definition) is 6. The van der Waals surface area contributed by atoms with Crippen molar-refractivity contribution in [3.63, 3.8) is 0 Å². The van der Waals surface area contributed by atoms with Crippen molar-refractivity contribution in [1.29, 1.82) is 0 Å². The molecule has 2 aromatic heterocycles. The molecule has 2 heterocycles. The summed E-state index contributed by atoms with van der Waals surface area (Å²) in [5.74, 6) is 0.683. The first-order valence-electron chi connectivity index (χ1n) is 6.35. The number of aryl methyl sites for hydroxylation is 1. The summed E-state index contributed by atoms with van der Waals surface area (Å²) >= 11 is 1.67. The van der Waals surface area contributed by atoms with Gasteiger partial charge in [0, 0.05) is 11.4 Å².